The summed E-state index contributed by atoms with van der Waals surface area (Å²) < 4.78 is 39.4. The second-order valence-corrected chi connectivity index (χ2v) is 3.78. The SMILES string of the molecule is FC(F)(F)OC1C=CC(CCS)CC1. The minimum absolute atomic E-state index is 0.362. The Morgan fingerprint density at radius 3 is 2.43 bits per heavy atom. The number of allylic oxidation sites excluding steroid dienone is 1. The maximum Gasteiger partial charge on any atom is 0.523 e. The standard InChI is InChI=1S/C9H13F3OS/c10-9(11,12)13-8-3-1-7(2-4-8)5-6-14/h1,3,7-8,14H,2,4-6H2. The van der Waals surface area contributed by atoms with E-state index in [1.54, 1.807) is 6.08 Å². The summed E-state index contributed by atoms with van der Waals surface area (Å²) in [6, 6.07) is 0. The van der Waals surface area contributed by atoms with E-state index in [0.717, 1.165) is 18.6 Å². The monoisotopic (exact) mass is 226 g/mol. The molecule has 2 atom stereocenters. The highest BCUT2D eigenvalue weighted by molar-refractivity contribution is 7.80. The van der Waals surface area contributed by atoms with Gasteiger partial charge in [-0.25, -0.2) is 0 Å². The molecule has 0 spiro atoms. The Bertz CT molecular complexity index is 203. The van der Waals surface area contributed by atoms with Gasteiger partial charge in [-0.2, -0.15) is 12.6 Å². The van der Waals surface area contributed by atoms with Crippen molar-refractivity contribution in [2.24, 2.45) is 5.92 Å². The van der Waals surface area contributed by atoms with Crippen LogP contribution in [-0.2, 0) is 4.74 Å². The number of ether oxygens (including phenoxy) is 1. The lowest BCUT2D eigenvalue weighted by molar-refractivity contribution is -0.337. The van der Waals surface area contributed by atoms with Gasteiger partial charge in [0.2, 0.25) is 0 Å². The number of hydrogen-bond donors (Lipinski definition) is 1. The Hall–Kier alpha value is -0.160. The Morgan fingerprint density at radius 2 is 2.00 bits per heavy atom. The van der Waals surface area contributed by atoms with Crippen molar-refractivity contribution in [1.29, 1.82) is 0 Å². The predicted octanol–water partition coefficient (Wildman–Crippen LogP) is 3.18. The van der Waals surface area contributed by atoms with E-state index in [1.165, 1.54) is 6.08 Å². The van der Waals surface area contributed by atoms with E-state index in [0.29, 0.717) is 12.3 Å². The minimum atomic E-state index is -4.52. The minimum Gasteiger partial charge on any atom is -0.284 e. The fourth-order valence-electron chi connectivity index (χ4n) is 1.53. The van der Waals surface area contributed by atoms with Gasteiger partial charge in [-0.3, -0.25) is 4.74 Å². The molecule has 0 fully saturated rings. The summed E-state index contributed by atoms with van der Waals surface area (Å²) in [7, 11) is 0. The predicted molar refractivity (Wildman–Crippen MR) is 51.3 cm³/mol. The Balaban J connectivity index is 2.36. The molecule has 0 aromatic heterocycles. The largest absolute Gasteiger partial charge is 0.523 e. The van der Waals surface area contributed by atoms with Crippen molar-refractivity contribution in [3.63, 3.8) is 0 Å². The van der Waals surface area contributed by atoms with E-state index in [1.807, 2.05) is 0 Å². The first-order valence-electron chi connectivity index (χ1n) is 4.55. The maximum absolute atomic E-state index is 11.8. The molecular weight excluding hydrogens is 213 g/mol. The van der Waals surface area contributed by atoms with Gasteiger partial charge in [-0.1, -0.05) is 12.2 Å². The Labute approximate surface area is 86.7 Å². The van der Waals surface area contributed by atoms with Crippen LogP contribution in [-0.4, -0.2) is 18.2 Å². The van der Waals surface area contributed by atoms with Crippen molar-refractivity contribution >= 4 is 12.6 Å². The van der Waals surface area contributed by atoms with Crippen LogP contribution in [0.2, 0.25) is 0 Å². The summed E-state index contributed by atoms with van der Waals surface area (Å²) in [5, 5.41) is 0. The van der Waals surface area contributed by atoms with Crippen LogP contribution in [0.25, 0.3) is 0 Å². The molecule has 0 aromatic rings. The van der Waals surface area contributed by atoms with E-state index in [4.69, 9.17) is 0 Å². The van der Waals surface area contributed by atoms with E-state index >= 15 is 0 Å². The van der Waals surface area contributed by atoms with E-state index < -0.39 is 12.5 Å². The first-order valence-corrected chi connectivity index (χ1v) is 5.18. The molecule has 82 valence electrons. The molecule has 1 aliphatic rings. The number of hydrogen-bond acceptors (Lipinski definition) is 2. The summed E-state index contributed by atoms with van der Waals surface area (Å²) >= 11 is 4.08. The van der Waals surface area contributed by atoms with Crippen LogP contribution in [0.3, 0.4) is 0 Å². The van der Waals surface area contributed by atoms with Gasteiger partial charge < -0.3 is 0 Å². The van der Waals surface area contributed by atoms with Crippen molar-refractivity contribution in [3.05, 3.63) is 12.2 Å². The molecule has 0 aliphatic heterocycles. The van der Waals surface area contributed by atoms with Crippen LogP contribution in [0, 0.1) is 5.92 Å². The zero-order valence-corrected chi connectivity index (χ0v) is 8.52. The van der Waals surface area contributed by atoms with E-state index in [-0.39, 0.29) is 0 Å². The molecule has 0 heterocycles. The lowest BCUT2D eigenvalue weighted by atomic mass is 9.92. The molecule has 1 aliphatic carbocycles. The number of alkyl halides is 3. The molecule has 0 radical (unpaired) electrons. The van der Waals surface area contributed by atoms with E-state index in [2.05, 4.69) is 17.4 Å². The first kappa shape index (κ1) is 11.9. The van der Waals surface area contributed by atoms with Crippen molar-refractivity contribution < 1.29 is 17.9 Å². The average molecular weight is 226 g/mol. The molecule has 2 unspecified atom stereocenters. The second kappa shape index (κ2) is 5.07. The number of rotatable bonds is 3. The van der Waals surface area contributed by atoms with Crippen molar-refractivity contribution in [2.45, 2.75) is 31.7 Å². The van der Waals surface area contributed by atoms with Crippen LogP contribution in [0.1, 0.15) is 19.3 Å². The van der Waals surface area contributed by atoms with Gasteiger partial charge in [-0.15, -0.1) is 13.2 Å². The average Bonchev–Trinajstić information content (AvgIpc) is 2.06. The van der Waals surface area contributed by atoms with Crippen LogP contribution in [0.15, 0.2) is 12.2 Å². The summed E-state index contributed by atoms with van der Waals surface area (Å²) in [6.07, 6.45) is 0.0863. The quantitative estimate of drug-likeness (QED) is 0.574. The fraction of sp³-hybridized carbons (Fsp3) is 0.778. The molecule has 1 rings (SSSR count). The van der Waals surface area contributed by atoms with Crippen molar-refractivity contribution in [2.75, 3.05) is 5.75 Å². The van der Waals surface area contributed by atoms with Gasteiger partial charge in [0.05, 0.1) is 6.10 Å². The molecule has 0 aromatic carbocycles. The van der Waals surface area contributed by atoms with Gasteiger partial charge >= 0.3 is 6.36 Å². The summed E-state index contributed by atoms with van der Waals surface area (Å²) in [5.74, 6) is 1.13. The van der Waals surface area contributed by atoms with Gasteiger partial charge in [0.15, 0.2) is 0 Å². The maximum atomic E-state index is 11.8. The Morgan fingerprint density at radius 1 is 1.29 bits per heavy atom. The van der Waals surface area contributed by atoms with E-state index in [9.17, 15) is 13.2 Å². The van der Waals surface area contributed by atoms with Gasteiger partial charge in [0.1, 0.15) is 0 Å². The van der Waals surface area contributed by atoms with Gasteiger partial charge in [0, 0.05) is 0 Å². The van der Waals surface area contributed by atoms with Gasteiger partial charge in [0.25, 0.3) is 0 Å². The lowest BCUT2D eigenvalue weighted by Gasteiger charge is -2.23. The van der Waals surface area contributed by atoms with Crippen LogP contribution in [0.4, 0.5) is 13.2 Å². The summed E-state index contributed by atoms with van der Waals surface area (Å²) in [5.41, 5.74) is 0. The third-order valence-corrected chi connectivity index (χ3v) is 2.46. The topological polar surface area (TPSA) is 9.23 Å². The summed E-state index contributed by atoms with van der Waals surface area (Å²) in [4.78, 5) is 0. The molecule has 0 N–H and O–H groups in total. The highest BCUT2D eigenvalue weighted by Gasteiger charge is 2.33. The lowest BCUT2D eigenvalue weighted by Crippen LogP contribution is -2.25. The second-order valence-electron chi connectivity index (χ2n) is 3.34. The molecule has 14 heavy (non-hydrogen) atoms. The zero-order valence-electron chi connectivity index (χ0n) is 7.63. The zero-order chi connectivity index (χ0) is 10.6. The van der Waals surface area contributed by atoms with Crippen molar-refractivity contribution in [1.82, 2.24) is 0 Å². The summed E-state index contributed by atoms with van der Waals surface area (Å²) in [6.45, 7) is 0. The Kier molecular flexibility index (Phi) is 4.31. The number of halogens is 3. The molecule has 1 nitrogen and oxygen atoms in total. The molecule has 0 saturated carbocycles. The number of thiol groups is 1. The normalized spacial score (nSPS) is 28.0. The molecular formula is C9H13F3OS. The van der Waals surface area contributed by atoms with Crippen LogP contribution < -0.4 is 0 Å². The molecule has 0 saturated heterocycles. The van der Waals surface area contributed by atoms with Gasteiger partial charge in [-0.05, 0) is 30.9 Å². The van der Waals surface area contributed by atoms with Crippen LogP contribution in [0.5, 0.6) is 0 Å². The smallest absolute Gasteiger partial charge is 0.284 e. The molecule has 0 amide bonds. The third kappa shape index (κ3) is 4.37. The fourth-order valence-corrected chi connectivity index (χ4v) is 1.86. The van der Waals surface area contributed by atoms with Crippen LogP contribution >= 0.6 is 12.6 Å². The molecule has 5 heteroatoms. The van der Waals surface area contributed by atoms with Crippen molar-refractivity contribution in [3.8, 4) is 0 Å². The first-order chi connectivity index (χ1) is 6.51. The molecule has 0 bridgehead atoms. The third-order valence-electron chi connectivity index (χ3n) is 2.20. The highest BCUT2D eigenvalue weighted by Crippen LogP contribution is 2.27. The highest BCUT2D eigenvalue weighted by atomic mass is 32.1.